The van der Waals surface area contributed by atoms with Crippen LogP contribution in [0.4, 0.5) is 0 Å². The van der Waals surface area contributed by atoms with E-state index in [9.17, 15) is 4.79 Å². The molecule has 15 heavy (non-hydrogen) atoms. The highest BCUT2D eigenvalue weighted by Crippen LogP contribution is 2.27. The molecule has 1 heterocycles. The Bertz CT molecular complexity index is 242. The van der Waals surface area contributed by atoms with Gasteiger partial charge in [-0.1, -0.05) is 19.8 Å². The lowest BCUT2D eigenvalue weighted by atomic mass is 10.0. The number of rotatable bonds is 1. The summed E-state index contributed by atoms with van der Waals surface area (Å²) in [7, 11) is 0. The fourth-order valence-corrected chi connectivity index (χ4v) is 2.91. The summed E-state index contributed by atoms with van der Waals surface area (Å²) in [6, 6.07) is 0.493. The molecular weight excluding hydrogens is 188 g/mol. The first-order chi connectivity index (χ1) is 7.18. The fourth-order valence-electron chi connectivity index (χ4n) is 2.91. The van der Waals surface area contributed by atoms with Gasteiger partial charge in [0.15, 0.2) is 0 Å². The van der Waals surface area contributed by atoms with Gasteiger partial charge in [0.1, 0.15) is 0 Å². The molecule has 2 rings (SSSR count). The van der Waals surface area contributed by atoms with Gasteiger partial charge >= 0.3 is 0 Å². The highest BCUT2D eigenvalue weighted by Gasteiger charge is 2.33. The minimum Gasteiger partial charge on any atom is -0.323 e. The van der Waals surface area contributed by atoms with Crippen LogP contribution in [-0.2, 0) is 4.79 Å². The van der Waals surface area contributed by atoms with Gasteiger partial charge in [-0.3, -0.25) is 10.1 Å². The zero-order chi connectivity index (χ0) is 10.8. The van der Waals surface area contributed by atoms with Crippen LogP contribution in [0.3, 0.4) is 0 Å². The van der Waals surface area contributed by atoms with E-state index in [1.54, 1.807) is 0 Å². The van der Waals surface area contributed by atoms with Crippen LogP contribution in [0.15, 0.2) is 0 Å². The summed E-state index contributed by atoms with van der Waals surface area (Å²) >= 11 is 0. The number of nitrogens with one attached hydrogen (secondary N) is 1. The molecule has 0 bridgehead atoms. The molecule has 1 aliphatic carbocycles. The summed E-state index contributed by atoms with van der Waals surface area (Å²) < 4.78 is 0. The quantitative estimate of drug-likeness (QED) is 0.669. The minimum absolute atomic E-state index is 0.246. The largest absolute Gasteiger partial charge is 0.323 e. The first kappa shape index (κ1) is 10.9. The van der Waals surface area contributed by atoms with Gasteiger partial charge in [-0.05, 0) is 32.1 Å². The second-order valence-corrected chi connectivity index (χ2v) is 5.13. The molecule has 0 aromatic rings. The summed E-state index contributed by atoms with van der Waals surface area (Å²) in [5.74, 6) is 1.14. The maximum atomic E-state index is 11.7. The first-order valence-electron chi connectivity index (χ1n) is 6.23. The molecule has 1 amide bonds. The number of amides is 1. The molecule has 3 nitrogen and oxygen atoms in total. The number of nitrogens with zero attached hydrogens (tertiary/aromatic N) is 1. The molecule has 3 heteroatoms. The first-order valence-corrected chi connectivity index (χ1v) is 6.23. The zero-order valence-electron chi connectivity index (χ0n) is 9.83. The van der Waals surface area contributed by atoms with Crippen molar-refractivity contribution in [2.45, 2.75) is 58.2 Å². The molecule has 0 aromatic carbocycles. The van der Waals surface area contributed by atoms with Crippen molar-refractivity contribution in [2.75, 3.05) is 6.54 Å². The van der Waals surface area contributed by atoms with Gasteiger partial charge in [0.2, 0.25) is 5.91 Å². The molecule has 0 spiro atoms. The Labute approximate surface area is 92.2 Å². The second-order valence-electron chi connectivity index (χ2n) is 5.13. The SMILES string of the molecule is CC1CCCC(N2C(=O)CNC2C)CC1. The minimum atomic E-state index is 0.246. The summed E-state index contributed by atoms with van der Waals surface area (Å²) in [5, 5.41) is 3.22. The van der Waals surface area contributed by atoms with Crippen molar-refractivity contribution in [3.05, 3.63) is 0 Å². The third kappa shape index (κ3) is 2.33. The topological polar surface area (TPSA) is 32.3 Å². The molecule has 1 aliphatic heterocycles. The molecule has 0 aromatic heterocycles. The van der Waals surface area contributed by atoms with E-state index < -0.39 is 0 Å². The van der Waals surface area contributed by atoms with Crippen LogP contribution < -0.4 is 5.32 Å². The molecule has 3 unspecified atom stereocenters. The van der Waals surface area contributed by atoms with E-state index in [0.717, 1.165) is 5.92 Å². The Morgan fingerprint density at radius 3 is 2.67 bits per heavy atom. The molecule has 1 N–H and O–H groups in total. The van der Waals surface area contributed by atoms with E-state index in [0.29, 0.717) is 18.5 Å². The van der Waals surface area contributed by atoms with Crippen LogP contribution in [-0.4, -0.2) is 29.6 Å². The van der Waals surface area contributed by atoms with Crippen molar-refractivity contribution in [3.63, 3.8) is 0 Å². The molecule has 86 valence electrons. The fraction of sp³-hybridized carbons (Fsp3) is 0.917. The van der Waals surface area contributed by atoms with E-state index in [2.05, 4.69) is 24.1 Å². The molecular formula is C12H22N2O. The van der Waals surface area contributed by atoms with E-state index in [-0.39, 0.29) is 6.17 Å². The second kappa shape index (κ2) is 4.52. The van der Waals surface area contributed by atoms with Crippen molar-refractivity contribution in [3.8, 4) is 0 Å². The number of carbonyl (C=O) groups excluding carboxylic acids is 1. The molecule has 2 fully saturated rings. The molecule has 0 radical (unpaired) electrons. The maximum Gasteiger partial charge on any atom is 0.238 e. The molecule has 1 saturated heterocycles. The zero-order valence-corrected chi connectivity index (χ0v) is 9.83. The van der Waals surface area contributed by atoms with Crippen molar-refractivity contribution < 1.29 is 4.79 Å². The monoisotopic (exact) mass is 210 g/mol. The van der Waals surface area contributed by atoms with E-state index in [1.807, 2.05) is 0 Å². The summed E-state index contributed by atoms with van der Waals surface area (Å²) in [4.78, 5) is 13.8. The number of hydrogen-bond donors (Lipinski definition) is 1. The third-order valence-corrected chi connectivity index (χ3v) is 3.87. The number of carbonyl (C=O) groups is 1. The average Bonchev–Trinajstić information content (AvgIpc) is 2.41. The van der Waals surface area contributed by atoms with Crippen molar-refractivity contribution in [1.82, 2.24) is 10.2 Å². The van der Waals surface area contributed by atoms with Crippen LogP contribution in [0, 0.1) is 5.92 Å². The van der Waals surface area contributed by atoms with Crippen LogP contribution in [0.1, 0.15) is 46.0 Å². The summed E-state index contributed by atoms with van der Waals surface area (Å²) in [6.45, 7) is 4.96. The van der Waals surface area contributed by atoms with E-state index in [1.165, 1.54) is 32.1 Å². The Balaban J connectivity index is 1.99. The van der Waals surface area contributed by atoms with Gasteiger partial charge in [0.25, 0.3) is 0 Å². The van der Waals surface area contributed by atoms with Gasteiger partial charge in [0, 0.05) is 6.04 Å². The summed E-state index contributed by atoms with van der Waals surface area (Å²) in [6.07, 6.45) is 6.53. The lowest BCUT2D eigenvalue weighted by molar-refractivity contribution is -0.130. The molecule has 3 atom stereocenters. The predicted octanol–water partition coefficient (Wildman–Crippen LogP) is 1.73. The van der Waals surface area contributed by atoms with Gasteiger partial charge in [-0.15, -0.1) is 0 Å². The van der Waals surface area contributed by atoms with E-state index in [4.69, 9.17) is 0 Å². The Morgan fingerprint density at radius 2 is 2.00 bits per heavy atom. The smallest absolute Gasteiger partial charge is 0.238 e. The van der Waals surface area contributed by atoms with Crippen LogP contribution >= 0.6 is 0 Å². The normalized spacial score (nSPS) is 38.1. The van der Waals surface area contributed by atoms with Gasteiger partial charge < -0.3 is 4.90 Å². The Kier molecular flexibility index (Phi) is 3.29. The Hall–Kier alpha value is -0.570. The lowest BCUT2D eigenvalue weighted by Crippen LogP contribution is -2.42. The molecule has 2 aliphatic rings. The van der Waals surface area contributed by atoms with Crippen LogP contribution in [0.25, 0.3) is 0 Å². The predicted molar refractivity (Wildman–Crippen MR) is 60.3 cm³/mol. The summed E-state index contributed by atoms with van der Waals surface area (Å²) in [5.41, 5.74) is 0. The van der Waals surface area contributed by atoms with Crippen molar-refractivity contribution in [1.29, 1.82) is 0 Å². The highest BCUT2D eigenvalue weighted by molar-refractivity contribution is 5.80. The van der Waals surface area contributed by atoms with Gasteiger partial charge in [-0.25, -0.2) is 0 Å². The molecule has 1 saturated carbocycles. The standard InChI is InChI=1S/C12H22N2O/c1-9-4-3-5-11(7-6-9)14-10(2)13-8-12(14)15/h9-11,13H,3-8H2,1-2H3. The van der Waals surface area contributed by atoms with Gasteiger partial charge in [-0.2, -0.15) is 0 Å². The lowest BCUT2D eigenvalue weighted by Gasteiger charge is -2.30. The highest BCUT2D eigenvalue weighted by atomic mass is 16.2. The van der Waals surface area contributed by atoms with E-state index >= 15 is 0 Å². The van der Waals surface area contributed by atoms with Crippen LogP contribution in [0.5, 0.6) is 0 Å². The van der Waals surface area contributed by atoms with Gasteiger partial charge in [0.05, 0.1) is 12.7 Å². The van der Waals surface area contributed by atoms with Crippen molar-refractivity contribution >= 4 is 5.91 Å². The Morgan fingerprint density at radius 1 is 1.20 bits per heavy atom. The number of hydrogen-bond acceptors (Lipinski definition) is 2. The average molecular weight is 210 g/mol. The van der Waals surface area contributed by atoms with Crippen LogP contribution in [0.2, 0.25) is 0 Å². The third-order valence-electron chi connectivity index (χ3n) is 3.87. The maximum absolute atomic E-state index is 11.7. The van der Waals surface area contributed by atoms with Crippen molar-refractivity contribution in [2.24, 2.45) is 5.92 Å².